The molecule has 0 spiro atoms. The monoisotopic (exact) mass is 256 g/mol. The molecule has 2 aromatic heterocycles. The van der Waals surface area contributed by atoms with Crippen LogP contribution in [0.3, 0.4) is 0 Å². The van der Waals surface area contributed by atoms with E-state index in [9.17, 15) is 10.1 Å². The normalized spacial score (nSPS) is 10.7. The molecule has 8 heteroatoms. The summed E-state index contributed by atoms with van der Waals surface area (Å²) in [5, 5.41) is 22.5. The summed E-state index contributed by atoms with van der Waals surface area (Å²) >= 11 is 0. The summed E-state index contributed by atoms with van der Waals surface area (Å²) in [5.74, 6) is 0.169. The molecule has 94 valence electrons. The number of fused-ring (bicyclic) bond motifs is 1. The number of benzene rings is 1. The smallest absolute Gasteiger partial charge is 0.270 e. The maximum atomic E-state index is 10.7. The summed E-state index contributed by atoms with van der Waals surface area (Å²) in [6.45, 7) is 0. The zero-order valence-electron chi connectivity index (χ0n) is 9.59. The van der Waals surface area contributed by atoms with Crippen LogP contribution in [0.5, 0.6) is 0 Å². The van der Waals surface area contributed by atoms with Crippen LogP contribution < -0.4 is 5.73 Å². The Morgan fingerprint density at radius 3 is 2.84 bits per heavy atom. The van der Waals surface area contributed by atoms with Gasteiger partial charge in [0.25, 0.3) is 5.69 Å². The molecular formula is C11H8N6O2. The average Bonchev–Trinajstić information content (AvgIpc) is 2.80. The third kappa shape index (κ3) is 1.84. The van der Waals surface area contributed by atoms with Crippen molar-refractivity contribution in [3.05, 3.63) is 46.5 Å². The van der Waals surface area contributed by atoms with Gasteiger partial charge in [0.05, 0.1) is 10.6 Å². The highest BCUT2D eigenvalue weighted by Crippen LogP contribution is 2.22. The highest BCUT2D eigenvalue weighted by molar-refractivity contribution is 5.63. The zero-order valence-corrected chi connectivity index (χ0v) is 9.59. The molecule has 0 radical (unpaired) electrons. The lowest BCUT2D eigenvalue weighted by Crippen LogP contribution is -1.99. The molecule has 0 aliphatic carbocycles. The van der Waals surface area contributed by atoms with Gasteiger partial charge in [-0.3, -0.25) is 10.1 Å². The summed E-state index contributed by atoms with van der Waals surface area (Å²) in [6.07, 6.45) is 0. The molecule has 0 amide bonds. The molecule has 0 aliphatic rings. The third-order valence-electron chi connectivity index (χ3n) is 2.64. The van der Waals surface area contributed by atoms with E-state index in [1.807, 2.05) is 0 Å². The van der Waals surface area contributed by atoms with E-state index in [-0.39, 0.29) is 11.6 Å². The van der Waals surface area contributed by atoms with Crippen LogP contribution in [0.4, 0.5) is 11.6 Å². The van der Waals surface area contributed by atoms with Gasteiger partial charge in [0.1, 0.15) is 0 Å². The second-order valence-electron chi connectivity index (χ2n) is 3.85. The first-order chi connectivity index (χ1) is 9.15. The van der Waals surface area contributed by atoms with Gasteiger partial charge in [-0.05, 0) is 12.1 Å². The van der Waals surface area contributed by atoms with Crippen LogP contribution in [-0.4, -0.2) is 24.7 Å². The van der Waals surface area contributed by atoms with Crippen molar-refractivity contribution in [2.24, 2.45) is 0 Å². The molecule has 8 nitrogen and oxygen atoms in total. The summed E-state index contributed by atoms with van der Waals surface area (Å²) in [6, 6.07) is 9.63. The van der Waals surface area contributed by atoms with Gasteiger partial charge in [0.2, 0.25) is 5.95 Å². The minimum absolute atomic E-state index is 0.0103. The highest BCUT2D eigenvalue weighted by Gasteiger charge is 2.10. The van der Waals surface area contributed by atoms with E-state index < -0.39 is 4.92 Å². The van der Waals surface area contributed by atoms with Gasteiger partial charge in [-0.25, -0.2) is 0 Å². The van der Waals surface area contributed by atoms with E-state index in [1.54, 1.807) is 24.3 Å². The molecule has 0 aliphatic heterocycles. The predicted octanol–water partition coefficient (Wildman–Crippen LogP) is 1.28. The predicted molar refractivity (Wildman–Crippen MR) is 67.3 cm³/mol. The van der Waals surface area contributed by atoms with Crippen molar-refractivity contribution < 1.29 is 4.92 Å². The Balaban J connectivity index is 2.15. The first-order valence-corrected chi connectivity index (χ1v) is 5.38. The highest BCUT2D eigenvalue weighted by atomic mass is 16.6. The second kappa shape index (κ2) is 4.02. The van der Waals surface area contributed by atoms with E-state index >= 15 is 0 Å². The molecule has 0 fully saturated rings. The van der Waals surface area contributed by atoms with Crippen LogP contribution in [0.2, 0.25) is 0 Å². The number of hydrogen-bond acceptors (Lipinski definition) is 6. The Morgan fingerprint density at radius 1 is 1.21 bits per heavy atom. The Bertz CT molecular complexity index is 782. The van der Waals surface area contributed by atoms with Gasteiger partial charge < -0.3 is 5.73 Å². The maximum absolute atomic E-state index is 10.7. The van der Waals surface area contributed by atoms with Gasteiger partial charge >= 0.3 is 0 Å². The van der Waals surface area contributed by atoms with Crippen LogP contribution in [0.15, 0.2) is 36.4 Å². The molecule has 0 saturated heterocycles. The lowest BCUT2D eigenvalue weighted by atomic mass is 10.1. The summed E-state index contributed by atoms with van der Waals surface area (Å²) in [5.41, 5.74) is 7.34. The van der Waals surface area contributed by atoms with Crippen molar-refractivity contribution in [2.75, 3.05) is 5.73 Å². The molecule has 2 heterocycles. The van der Waals surface area contributed by atoms with Crippen LogP contribution in [-0.2, 0) is 0 Å². The molecular weight excluding hydrogens is 248 g/mol. The number of anilines is 1. The van der Waals surface area contributed by atoms with Gasteiger partial charge in [-0.1, -0.05) is 12.1 Å². The molecule has 3 rings (SSSR count). The number of non-ortho nitro benzene ring substituents is 1. The number of rotatable bonds is 2. The Kier molecular flexibility index (Phi) is 2.34. The van der Waals surface area contributed by atoms with E-state index in [0.717, 1.165) is 0 Å². The van der Waals surface area contributed by atoms with Crippen molar-refractivity contribution in [2.45, 2.75) is 0 Å². The van der Waals surface area contributed by atoms with E-state index in [2.05, 4.69) is 15.3 Å². The number of hydrogen-bond donors (Lipinski definition) is 1. The zero-order chi connectivity index (χ0) is 13.4. The minimum atomic E-state index is -0.449. The number of nitrogens with zero attached hydrogens (tertiary/aromatic N) is 5. The van der Waals surface area contributed by atoms with E-state index in [4.69, 9.17) is 5.73 Å². The van der Waals surface area contributed by atoms with Crippen LogP contribution >= 0.6 is 0 Å². The Morgan fingerprint density at radius 2 is 2.05 bits per heavy atom. The van der Waals surface area contributed by atoms with E-state index in [0.29, 0.717) is 16.9 Å². The van der Waals surface area contributed by atoms with Crippen LogP contribution in [0, 0.1) is 10.1 Å². The van der Waals surface area contributed by atoms with Crippen molar-refractivity contribution in [3.63, 3.8) is 0 Å². The second-order valence-corrected chi connectivity index (χ2v) is 3.85. The molecule has 1 aromatic carbocycles. The number of nitro benzene ring substituents is 1. The molecule has 0 bridgehead atoms. The van der Waals surface area contributed by atoms with Gasteiger partial charge in [0, 0.05) is 17.7 Å². The van der Waals surface area contributed by atoms with Crippen LogP contribution in [0.1, 0.15) is 0 Å². The van der Waals surface area contributed by atoms with Crippen molar-refractivity contribution in [1.82, 2.24) is 19.8 Å². The van der Waals surface area contributed by atoms with E-state index in [1.165, 1.54) is 16.6 Å². The fourth-order valence-electron chi connectivity index (χ4n) is 1.74. The summed E-state index contributed by atoms with van der Waals surface area (Å²) in [4.78, 5) is 10.3. The number of aromatic nitrogens is 4. The largest absolute Gasteiger partial charge is 0.366 e. The van der Waals surface area contributed by atoms with Crippen molar-refractivity contribution >= 4 is 17.3 Å². The van der Waals surface area contributed by atoms with Gasteiger partial charge in [0.15, 0.2) is 5.65 Å². The molecule has 0 saturated carbocycles. The molecule has 2 N–H and O–H groups in total. The Labute approximate surface area is 106 Å². The van der Waals surface area contributed by atoms with Crippen molar-refractivity contribution in [1.29, 1.82) is 0 Å². The summed E-state index contributed by atoms with van der Waals surface area (Å²) < 4.78 is 1.38. The number of nitrogen functional groups attached to an aromatic ring is 1. The van der Waals surface area contributed by atoms with Crippen molar-refractivity contribution in [3.8, 4) is 11.3 Å². The first-order valence-electron chi connectivity index (χ1n) is 5.38. The topological polar surface area (TPSA) is 112 Å². The molecule has 0 unspecified atom stereocenters. The van der Waals surface area contributed by atoms with Gasteiger partial charge in [-0.2, -0.15) is 9.61 Å². The summed E-state index contributed by atoms with van der Waals surface area (Å²) in [7, 11) is 0. The van der Waals surface area contributed by atoms with Crippen LogP contribution in [0.25, 0.3) is 16.9 Å². The molecule has 0 atom stereocenters. The number of nitrogens with two attached hydrogens (primary N) is 1. The molecule has 3 aromatic rings. The third-order valence-corrected chi connectivity index (χ3v) is 2.64. The first kappa shape index (κ1) is 11.1. The average molecular weight is 256 g/mol. The fourth-order valence-corrected chi connectivity index (χ4v) is 1.74. The molecule has 19 heavy (non-hydrogen) atoms. The lowest BCUT2D eigenvalue weighted by molar-refractivity contribution is -0.384. The SMILES string of the molecule is Nc1nnc2ccc(-c3cccc([N+](=O)[O-])c3)nn12. The van der Waals surface area contributed by atoms with Gasteiger partial charge in [-0.15, -0.1) is 10.2 Å². The quantitative estimate of drug-likeness (QED) is 0.546. The fraction of sp³-hybridized carbons (Fsp3) is 0. The number of nitro groups is 1. The standard InChI is InChI=1S/C11H8N6O2/c12-11-14-13-10-5-4-9(15-16(10)11)7-2-1-3-8(6-7)17(18)19/h1-6H,(H2,12,14). The lowest BCUT2D eigenvalue weighted by Gasteiger charge is -2.01. The Hall–Kier alpha value is -3.03. The maximum Gasteiger partial charge on any atom is 0.270 e. The minimum Gasteiger partial charge on any atom is -0.366 e.